The number of benzene rings is 2. The Morgan fingerprint density at radius 2 is 1.79 bits per heavy atom. The van der Waals surface area contributed by atoms with E-state index < -0.39 is 11.6 Å². The Morgan fingerprint density at radius 1 is 1.06 bits per heavy atom. The van der Waals surface area contributed by atoms with E-state index in [0.29, 0.717) is 17.2 Å². The van der Waals surface area contributed by atoms with E-state index in [1.807, 2.05) is 0 Å². The van der Waals surface area contributed by atoms with E-state index in [1.165, 1.54) is 12.1 Å². The van der Waals surface area contributed by atoms with Gasteiger partial charge in [0, 0.05) is 48.7 Å². The number of anilines is 2. The number of hydrogen-bond donors (Lipinski definition) is 2. The largest absolute Gasteiger partial charge is 0.353 e. The smallest absolute Gasteiger partial charge is 0.225 e. The van der Waals surface area contributed by atoms with Gasteiger partial charge in [0.05, 0.1) is 5.02 Å². The van der Waals surface area contributed by atoms with Gasteiger partial charge in [0.15, 0.2) is 5.82 Å². The first-order valence-electron chi connectivity index (χ1n) is 11.4. The quantitative estimate of drug-likeness (QED) is 0.595. The number of fused-ring (bicyclic) bond motifs is 1. The van der Waals surface area contributed by atoms with E-state index in [4.69, 9.17) is 16.6 Å². The molecule has 0 atom stereocenters. The number of hydrogen-bond acceptors (Lipinski definition) is 6. The Morgan fingerprint density at radius 3 is 2.52 bits per heavy atom. The van der Waals surface area contributed by atoms with E-state index in [-0.39, 0.29) is 27.7 Å². The highest BCUT2D eigenvalue weighted by Crippen LogP contribution is 2.39. The van der Waals surface area contributed by atoms with Gasteiger partial charge in [0.2, 0.25) is 5.95 Å². The van der Waals surface area contributed by atoms with Crippen LogP contribution in [-0.4, -0.2) is 67.2 Å². The molecule has 3 heterocycles. The molecule has 2 N–H and O–H groups in total. The van der Waals surface area contributed by atoms with Gasteiger partial charge in [0.25, 0.3) is 0 Å². The third-order valence-corrected chi connectivity index (χ3v) is 6.77. The number of piperidine rings is 1. The average Bonchev–Trinajstić information content (AvgIpc) is 2.82. The fourth-order valence-electron chi connectivity index (χ4n) is 4.61. The van der Waals surface area contributed by atoms with Crippen molar-refractivity contribution in [3.05, 3.63) is 47.0 Å². The summed E-state index contributed by atoms with van der Waals surface area (Å²) in [5.41, 5.74) is 0.295. The van der Waals surface area contributed by atoms with Gasteiger partial charge in [-0.1, -0.05) is 29.8 Å². The Kier molecular flexibility index (Phi) is 6.32. The molecule has 0 saturated carbocycles. The van der Waals surface area contributed by atoms with Crippen LogP contribution in [0.4, 0.5) is 20.5 Å². The summed E-state index contributed by atoms with van der Waals surface area (Å²) in [6, 6.07) is 7.95. The van der Waals surface area contributed by atoms with Crippen molar-refractivity contribution in [2.75, 3.05) is 56.5 Å². The fraction of sp³-hybridized carbons (Fsp3) is 0.417. The maximum absolute atomic E-state index is 15.9. The Balaban J connectivity index is 1.64. The minimum Gasteiger partial charge on any atom is -0.353 e. The number of nitrogens with zero attached hydrogens (tertiary/aromatic N) is 4. The SMILES string of the molecule is CN1CCC(Nc2nc(N3CCNCC3)c3cc(Cl)c(-c4ccccc4F)c(F)c3n2)CC1. The summed E-state index contributed by atoms with van der Waals surface area (Å²) in [4.78, 5) is 13.8. The summed E-state index contributed by atoms with van der Waals surface area (Å²) in [7, 11) is 2.11. The van der Waals surface area contributed by atoms with E-state index in [1.54, 1.807) is 18.2 Å². The maximum atomic E-state index is 15.9. The third kappa shape index (κ3) is 4.47. The van der Waals surface area contributed by atoms with Gasteiger partial charge < -0.3 is 20.4 Å². The van der Waals surface area contributed by atoms with Crippen LogP contribution in [-0.2, 0) is 0 Å². The van der Waals surface area contributed by atoms with E-state index >= 15 is 4.39 Å². The molecule has 2 aromatic carbocycles. The number of piperazine rings is 1. The first kappa shape index (κ1) is 22.3. The van der Waals surface area contributed by atoms with Crippen LogP contribution < -0.4 is 15.5 Å². The summed E-state index contributed by atoms with van der Waals surface area (Å²) in [6.45, 7) is 5.08. The number of halogens is 3. The van der Waals surface area contributed by atoms with Crippen LogP contribution in [0.25, 0.3) is 22.0 Å². The lowest BCUT2D eigenvalue weighted by Gasteiger charge is -2.31. The minimum absolute atomic E-state index is 0.0254. The van der Waals surface area contributed by atoms with Gasteiger partial charge in [-0.2, -0.15) is 4.98 Å². The first-order chi connectivity index (χ1) is 16.0. The lowest BCUT2D eigenvalue weighted by atomic mass is 10.0. The molecule has 0 unspecified atom stereocenters. The average molecular weight is 473 g/mol. The van der Waals surface area contributed by atoms with Gasteiger partial charge in [-0.15, -0.1) is 0 Å². The molecule has 0 amide bonds. The molecule has 6 nitrogen and oxygen atoms in total. The predicted molar refractivity (Wildman–Crippen MR) is 129 cm³/mol. The van der Waals surface area contributed by atoms with Crippen molar-refractivity contribution in [1.29, 1.82) is 0 Å². The van der Waals surface area contributed by atoms with E-state index in [9.17, 15) is 4.39 Å². The lowest BCUT2D eigenvalue weighted by Crippen LogP contribution is -2.44. The van der Waals surface area contributed by atoms with Crippen molar-refractivity contribution in [3.63, 3.8) is 0 Å². The highest BCUT2D eigenvalue weighted by Gasteiger charge is 2.25. The Hall–Kier alpha value is -2.55. The highest BCUT2D eigenvalue weighted by atomic mass is 35.5. The third-order valence-electron chi connectivity index (χ3n) is 6.47. The van der Waals surface area contributed by atoms with Gasteiger partial charge in [-0.3, -0.25) is 0 Å². The van der Waals surface area contributed by atoms with Crippen molar-refractivity contribution >= 4 is 34.3 Å². The molecule has 0 bridgehead atoms. The molecule has 2 aliphatic rings. The summed E-state index contributed by atoms with van der Waals surface area (Å²) >= 11 is 6.52. The van der Waals surface area contributed by atoms with Crippen LogP contribution in [0, 0.1) is 11.6 Å². The molecule has 2 saturated heterocycles. The van der Waals surface area contributed by atoms with Gasteiger partial charge in [-0.05, 0) is 45.1 Å². The second kappa shape index (κ2) is 9.37. The fourth-order valence-corrected chi connectivity index (χ4v) is 4.90. The van der Waals surface area contributed by atoms with Gasteiger partial charge in [-0.25, -0.2) is 13.8 Å². The van der Waals surface area contributed by atoms with E-state index in [0.717, 1.165) is 52.1 Å². The van der Waals surface area contributed by atoms with Crippen molar-refractivity contribution in [2.45, 2.75) is 18.9 Å². The molecule has 2 aliphatic heterocycles. The van der Waals surface area contributed by atoms with Crippen LogP contribution in [0.5, 0.6) is 0 Å². The van der Waals surface area contributed by atoms with Crippen LogP contribution in [0.15, 0.2) is 30.3 Å². The van der Waals surface area contributed by atoms with Crippen molar-refractivity contribution < 1.29 is 8.78 Å². The highest BCUT2D eigenvalue weighted by molar-refractivity contribution is 6.34. The number of nitrogens with one attached hydrogen (secondary N) is 2. The second-order valence-electron chi connectivity index (χ2n) is 8.75. The van der Waals surface area contributed by atoms with Crippen LogP contribution in [0.3, 0.4) is 0 Å². The molecule has 1 aromatic heterocycles. The lowest BCUT2D eigenvalue weighted by molar-refractivity contribution is 0.263. The van der Waals surface area contributed by atoms with Gasteiger partial charge in [0.1, 0.15) is 17.2 Å². The van der Waals surface area contributed by atoms with Crippen LogP contribution in [0.2, 0.25) is 5.02 Å². The molecule has 3 aromatic rings. The monoisotopic (exact) mass is 472 g/mol. The summed E-state index contributed by atoms with van der Waals surface area (Å²) in [5.74, 6) is -0.115. The van der Waals surface area contributed by atoms with Crippen molar-refractivity contribution in [1.82, 2.24) is 20.2 Å². The van der Waals surface area contributed by atoms with Crippen LogP contribution in [0.1, 0.15) is 12.8 Å². The maximum Gasteiger partial charge on any atom is 0.225 e. The zero-order valence-electron chi connectivity index (χ0n) is 18.5. The van der Waals surface area contributed by atoms with Crippen molar-refractivity contribution in [2.24, 2.45) is 0 Å². The number of likely N-dealkylation sites (tertiary alicyclic amines) is 1. The Labute approximate surface area is 197 Å². The molecule has 0 aliphatic carbocycles. The summed E-state index contributed by atoms with van der Waals surface area (Å²) in [6.07, 6.45) is 1.93. The molecule has 0 spiro atoms. The van der Waals surface area contributed by atoms with E-state index in [2.05, 4.69) is 32.5 Å². The first-order valence-corrected chi connectivity index (χ1v) is 11.7. The molecule has 2 fully saturated rings. The minimum atomic E-state index is -0.632. The van der Waals surface area contributed by atoms with Crippen molar-refractivity contribution in [3.8, 4) is 11.1 Å². The normalized spacial score (nSPS) is 18.1. The molecular formula is C24H27ClF2N6. The molecule has 5 rings (SSSR count). The standard InChI is InChI=1S/C24H27ClF2N6/c1-32-10-6-15(7-11-32)29-24-30-22-17(23(31-24)33-12-8-28-9-13-33)14-18(25)20(21(22)27)16-4-2-3-5-19(16)26/h2-5,14-15,28H,6-13H2,1H3,(H,29,30,31). The molecule has 0 radical (unpaired) electrons. The predicted octanol–water partition coefficient (Wildman–Crippen LogP) is 4.14. The zero-order valence-corrected chi connectivity index (χ0v) is 19.3. The number of rotatable bonds is 4. The summed E-state index contributed by atoms with van der Waals surface area (Å²) < 4.78 is 30.5. The summed E-state index contributed by atoms with van der Waals surface area (Å²) in [5, 5.41) is 7.43. The second-order valence-corrected chi connectivity index (χ2v) is 9.16. The molecule has 174 valence electrons. The number of aromatic nitrogens is 2. The Bertz CT molecular complexity index is 1160. The topological polar surface area (TPSA) is 56.3 Å². The van der Waals surface area contributed by atoms with Gasteiger partial charge >= 0.3 is 0 Å². The zero-order chi connectivity index (χ0) is 22.9. The molecule has 9 heteroatoms. The molecule has 33 heavy (non-hydrogen) atoms. The molecular weight excluding hydrogens is 446 g/mol. The van der Waals surface area contributed by atoms with Crippen LogP contribution >= 0.6 is 11.6 Å².